The van der Waals surface area contributed by atoms with E-state index in [1.807, 2.05) is 37.3 Å². The van der Waals surface area contributed by atoms with Crippen molar-refractivity contribution >= 4 is 5.97 Å². The molecule has 3 nitrogen and oxygen atoms in total. The molecule has 0 heterocycles. The largest absolute Gasteiger partial charge is 0.496 e. The van der Waals surface area contributed by atoms with E-state index in [0.717, 1.165) is 22.4 Å². The van der Waals surface area contributed by atoms with Crippen LogP contribution in [0, 0.1) is 6.92 Å². The summed E-state index contributed by atoms with van der Waals surface area (Å²) in [7, 11) is 1.60. The van der Waals surface area contributed by atoms with Gasteiger partial charge in [0.25, 0.3) is 0 Å². The van der Waals surface area contributed by atoms with Gasteiger partial charge in [-0.3, -0.25) is 0 Å². The van der Waals surface area contributed by atoms with E-state index >= 15 is 0 Å². The molecule has 92 valence electrons. The molecule has 0 saturated heterocycles. The summed E-state index contributed by atoms with van der Waals surface area (Å²) in [4.78, 5) is 11.1. The van der Waals surface area contributed by atoms with Gasteiger partial charge < -0.3 is 9.84 Å². The van der Waals surface area contributed by atoms with Crippen molar-refractivity contribution in [3.63, 3.8) is 0 Å². The fourth-order valence-electron chi connectivity index (χ4n) is 1.95. The maximum atomic E-state index is 11.1. The summed E-state index contributed by atoms with van der Waals surface area (Å²) >= 11 is 0. The molecule has 2 rings (SSSR count). The van der Waals surface area contributed by atoms with Crippen molar-refractivity contribution in [2.24, 2.45) is 0 Å². The third-order valence-corrected chi connectivity index (χ3v) is 2.74. The second-order valence-corrected chi connectivity index (χ2v) is 4.09. The van der Waals surface area contributed by atoms with E-state index < -0.39 is 5.97 Å². The minimum atomic E-state index is -0.921. The number of ether oxygens (including phenoxy) is 1. The number of methoxy groups -OCH3 is 1. The number of carboxylic acids is 1. The quantitative estimate of drug-likeness (QED) is 0.897. The molecular formula is C15H14O3. The summed E-state index contributed by atoms with van der Waals surface area (Å²) in [5.41, 5.74) is 2.95. The lowest BCUT2D eigenvalue weighted by molar-refractivity contribution is 0.0697. The van der Waals surface area contributed by atoms with Crippen LogP contribution in [0.3, 0.4) is 0 Å². The Labute approximate surface area is 106 Å². The molecule has 0 saturated carbocycles. The van der Waals surface area contributed by atoms with E-state index in [4.69, 9.17) is 9.84 Å². The van der Waals surface area contributed by atoms with E-state index in [1.54, 1.807) is 19.2 Å². The van der Waals surface area contributed by atoms with Crippen LogP contribution in [0.2, 0.25) is 0 Å². The number of hydrogen-bond donors (Lipinski definition) is 1. The van der Waals surface area contributed by atoms with Crippen LogP contribution in [0.5, 0.6) is 5.75 Å². The summed E-state index contributed by atoms with van der Waals surface area (Å²) < 4.78 is 5.29. The standard InChI is InChI=1S/C15H14O3/c1-10-7-11(9-12(8-10)15(16)17)13-5-3-4-6-14(13)18-2/h3-9H,1-2H3,(H,16,17). The molecule has 0 bridgehead atoms. The maximum absolute atomic E-state index is 11.1. The van der Waals surface area contributed by atoms with Gasteiger partial charge in [-0.15, -0.1) is 0 Å². The third kappa shape index (κ3) is 2.35. The zero-order valence-corrected chi connectivity index (χ0v) is 10.3. The zero-order chi connectivity index (χ0) is 13.1. The van der Waals surface area contributed by atoms with Gasteiger partial charge in [-0.1, -0.05) is 24.3 Å². The van der Waals surface area contributed by atoms with Crippen LogP contribution in [0.4, 0.5) is 0 Å². The molecule has 0 aliphatic rings. The van der Waals surface area contributed by atoms with E-state index in [-0.39, 0.29) is 5.56 Å². The Morgan fingerprint density at radius 2 is 1.89 bits per heavy atom. The first kappa shape index (κ1) is 12.2. The fraction of sp³-hybridized carbons (Fsp3) is 0.133. The van der Waals surface area contributed by atoms with Crippen LogP contribution in [-0.4, -0.2) is 18.2 Å². The highest BCUT2D eigenvalue weighted by Crippen LogP contribution is 2.30. The Bertz CT molecular complexity index is 588. The second-order valence-electron chi connectivity index (χ2n) is 4.09. The van der Waals surface area contributed by atoms with Gasteiger partial charge in [0, 0.05) is 5.56 Å². The summed E-state index contributed by atoms with van der Waals surface area (Å²) in [6.07, 6.45) is 0. The predicted molar refractivity (Wildman–Crippen MR) is 70.1 cm³/mol. The molecule has 0 aliphatic carbocycles. The Hall–Kier alpha value is -2.29. The molecule has 2 aromatic carbocycles. The molecular weight excluding hydrogens is 228 g/mol. The monoisotopic (exact) mass is 242 g/mol. The Morgan fingerprint density at radius 1 is 1.17 bits per heavy atom. The van der Waals surface area contributed by atoms with Crippen LogP contribution >= 0.6 is 0 Å². The second kappa shape index (κ2) is 4.92. The van der Waals surface area contributed by atoms with Gasteiger partial charge in [-0.2, -0.15) is 0 Å². The SMILES string of the molecule is COc1ccccc1-c1cc(C)cc(C(=O)O)c1. The highest BCUT2D eigenvalue weighted by atomic mass is 16.5. The van der Waals surface area contributed by atoms with Crippen LogP contribution in [0.1, 0.15) is 15.9 Å². The molecule has 0 aromatic heterocycles. The van der Waals surface area contributed by atoms with Crippen LogP contribution in [0.25, 0.3) is 11.1 Å². The average Bonchev–Trinajstić information content (AvgIpc) is 2.38. The minimum Gasteiger partial charge on any atom is -0.496 e. The van der Waals surface area contributed by atoms with Gasteiger partial charge in [0.15, 0.2) is 0 Å². The first-order chi connectivity index (χ1) is 8.61. The van der Waals surface area contributed by atoms with Crippen LogP contribution in [-0.2, 0) is 0 Å². The fourth-order valence-corrected chi connectivity index (χ4v) is 1.95. The molecule has 0 radical (unpaired) electrons. The number of aryl methyl sites for hydroxylation is 1. The number of para-hydroxylation sites is 1. The summed E-state index contributed by atoms with van der Waals surface area (Å²) in [5, 5.41) is 9.08. The Kier molecular flexibility index (Phi) is 3.33. The van der Waals surface area contributed by atoms with Gasteiger partial charge in [0.1, 0.15) is 5.75 Å². The molecule has 0 amide bonds. The van der Waals surface area contributed by atoms with Crippen molar-refractivity contribution in [1.82, 2.24) is 0 Å². The number of carbonyl (C=O) groups is 1. The number of hydrogen-bond acceptors (Lipinski definition) is 2. The van der Waals surface area contributed by atoms with Gasteiger partial charge in [-0.25, -0.2) is 4.79 Å². The van der Waals surface area contributed by atoms with Crippen molar-refractivity contribution in [1.29, 1.82) is 0 Å². The van der Waals surface area contributed by atoms with Crippen LogP contribution < -0.4 is 4.74 Å². The number of aromatic carboxylic acids is 1. The van der Waals surface area contributed by atoms with E-state index in [0.29, 0.717) is 0 Å². The van der Waals surface area contributed by atoms with Crippen molar-refractivity contribution in [3.05, 3.63) is 53.6 Å². The molecule has 18 heavy (non-hydrogen) atoms. The normalized spacial score (nSPS) is 10.1. The highest BCUT2D eigenvalue weighted by Gasteiger charge is 2.09. The third-order valence-electron chi connectivity index (χ3n) is 2.74. The smallest absolute Gasteiger partial charge is 0.335 e. The zero-order valence-electron chi connectivity index (χ0n) is 10.3. The Morgan fingerprint density at radius 3 is 2.56 bits per heavy atom. The van der Waals surface area contributed by atoms with Gasteiger partial charge >= 0.3 is 5.97 Å². The highest BCUT2D eigenvalue weighted by molar-refractivity contribution is 5.90. The van der Waals surface area contributed by atoms with Crippen LogP contribution in [0.15, 0.2) is 42.5 Å². The molecule has 2 aromatic rings. The molecule has 0 unspecified atom stereocenters. The molecule has 1 N–H and O–H groups in total. The topological polar surface area (TPSA) is 46.5 Å². The lowest BCUT2D eigenvalue weighted by Gasteiger charge is -2.10. The van der Waals surface area contributed by atoms with Crippen molar-refractivity contribution in [2.75, 3.05) is 7.11 Å². The lowest BCUT2D eigenvalue weighted by atomic mass is 9.99. The molecule has 0 aliphatic heterocycles. The van der Waals surface area contributed by atoms with Crippen molar-refractivity contribution < 1.29 is 14.6 Å². The van der Waals surface area contributed by atoms with Gasteiger partial charge in [-0.05, 0) is 36.2 Å². The van der Waals surface area contributed by atoms with Crippen molar-refractivity contribution in [3.8, 4) is 16.9 Å². The number of benzene rings is 2. The van der Waals surface area contributed by atoms with Crippen molar-refractivity contribution in [2.45, 2.75) is 6.92 Å². The molecule has 0 fully saturated rings. The average molecular weight is 242 g/mol. The predicted octanol–water partition coefficient (Wildman–Crippen LogP) is 3.37. The van der Waals surface area contributed by atoms with E-state index in [2.05, 4.69) is 0 Å². The van der Waals surface area contributed by atoms with E-state index in [9.17, 15) is 4.79 Å². The lowest BCUT2D eigenvalue weighted by Crippen LogP contribution is -1.97. The number of carboxylic acid groups (broad SMARTS) is 1. The van der Waals surface area contributed by atoms with Gasteiger partial charge in [0.2, 0.25) is 0 Å². The minimum absolute atomic E-state index is 0.288. The molecule has 0 atom stereocenters. The van der Waals surface area contributed by atoms with Gasteiger partial charge in [0.05, 0.1) is 12.7 Å². The first-order valence-corrected chi connectivity index (χ1v) is 5.60. The maximum Gasteiger partial charge on any atom is 0.335 e. The van der Waals surface area contributed by atoms with E-state index in [1.165, 1.54) is 0 Å². The summed E-state index contributed by atoms with van der Waals surface area (Å²) in [6, 6.07) is 12.8. The molecule has 0 spiro atoms. The summed E-state index contributed by atoms with van der Waals surface area (Å²) in [5.74, 6) is -0.186. The Balaban J connectivity index is 2.60. The first-order valence-electron chi connectivity index (χ1n) is 5.60. The summed E-state index contributed by atoms with van der Waals surface area (Å²) in [6.45, 7) is 1.88. The number of rotatable bonds is 3. The molecule has 3 heteroatoms.